The van der Waals surface area contributed by atoms with Crippen molar-refractivity contribution < 1.29 is 9.53 Å². The van der Waals surface area contributed by atoms with Gasteiger partial charge in [-0.25, -0.2) is 0 Å². The molecule has 1 aliphatic heterocycles. The molecule has 78 valence electrons. The minimum Gasteiger partial charge on any atom is -0.496 e. The second-order valence-electron chi connectivity index (χ2n) is 2.83. The average molecular weight is 203 g/mol. The van der Waals surface area contributed by atoms with Crippen LogP contribution in [0.5, 0.6) is 0 Å². The molecule has 1 amide bonds. The summed E-state index contributed by atoms with van der Waals surface area (Å²) < 4.78 is 5.12. The second-order valence-corrected chi connectivity index (χ2v) is 2.83. The Bertz CT molecular complexity index is 360. The summed E-state index contributed by atoms with van der Waals surface area (Å²) >= 11 is 0. The number of ether oxygens (including phenoxy) is 1. The summed E-state index contributed by atoms with van der Waals surface area (Å²) in [6, 6.07) is 0. The fourth-order valence-electron chi connectivity index (χ4n) is 0.923. The predicted molar refractivity (Wildman–Crippen MR) is 59.8 cm³/mol. The number of carbonyl (C=O) groups excluding carboxylic acids is 1. The quantitative estimate of drug-likeness (QED) is 0.704. The molecule has 15 heavy (non-hydrogen) atoms. The highest BCUT2D eigenvalue weighted by Gasteiger charge is 1.99. The fourth-order valence-corrected chi connectivity index (χ4v) is 0.923. The number of allylic oxidation sites excluding steroid dienone is 6. The van der Waals surface area contributed by atoms with Crippen LogP contribution in [0.3, 0.4) is 0 Å². The maximum absolute atomic E-state index is 10.9. The lowest BCUT2D eigenvalue weighted by atomic mass is 10.2. The van der Waals surface area contributed by atoms with Gasteiger partial charge in [0, 0.05) is 0 Å². The minimum absolute atomic E-state index is 0.345. The van der Waals surface area contributed by atoms with E-state index >= 15 is 0 Å². The lowest BCUT2D eigenvalue weighted by molar-refractivity contribution is -0.114. The van der Waals surface area contributed by atoms with Gasteiger partial charge in [0.1, 0.15) is 6.61 Å². The van der Waals surface area contributed by atoms with E-state index in [-0.39, 0.29) is 0 Å². The smallest absolute Gasteiger partial charge is 0.251 e. The van der Waals surface area contributed by atoms with E-state index in [2.05, 4.69) is 0 Å². The SMILES string of the molecule is NC(=O)C1=COCC=CC=CC=CC=C1. The van der Waals surface area contributed by atoms with Gasteiger partial charge in [-0.1, -0.05) is 36.5 Å². The zero-order valence-electron chi connectivity index (χ0n) is 8.30. The van der Waals surface area contributed by atoms with Gasteiger partial charge in [-0.2, -0.15) is 0 Å². The van der Waals surface area contributed by atoms with E-state index < -0.39 is 5.91 Å². The van der Waals surface area contributed by atoms with E-state index in [9.17, 15) is 4.79 Å². The molecule has 0 aromatic heterocycles. The summed E-state index contributed by atoms with van der Waals surface area (Å²) in [6.45, 7) is 0.415. The van der Waals surface area contributed by atoms with Crippen LogP contribution in [-0.4, -0.2) is 12.5 Å². The first-order chi connectivity index (χ1) is 7.30. The summed E-state index contributed by atoms with van der Waals surface area (Å²) in [7, 11) is 0. The number of carbonyl (C=O) groups is 1. The summed E-state index contributed by atoms with van der Waals surface area (Å²) in [5.74, 6) is -0.503. The van der Waals surface area contributed by atoms with Gasteiger partial charge in [0.15, 0.2) is 0 Å². The molecule has 0 spiro atoms. The molecule has 1 heterocycles. The standard InChI is InChI=1S/C12H13NO2/c13-12(14)11-8-6-4-2-1-3-5-7-9-15-10-11/h1-8,10H,9H2,(H2,13,14). The molecule has 0 fully saturated rings. The summed E-state index contributed by atoms with van der Waals surface area (Å²) in [4.78, 5) is 10.9. The molecule has 3 heteroatoms. The highest BCUT2D eigenvalue weighted by atomic mass is 16.5. The number of hydrogen-bond acceptors (Lipinski definition) is 2. The van der Waals surface area contributed by atoms with E-state index in [1.165, 1.54) is 6.26 Å². The van der Waals surface area contributed by atoms with Gasteiger partial charge in [0.25, 0.3) is 5.91 Å². The third kappa shape index (κ3) is 4.67. The van der Waals surface area contributed by atoms with Crippen molar-refractivity contribution in [3.63, 3.8) is 0 Å². The van der Waals surface area contributed by atoms with E-state index in [0.29, 0.717) is 12.2 Å². The van der Waals surface area contributed by atoms with Gasteiger partial charge in [-0.15, -0.1) is 0 Å². The Kier molecular flexibility index (Phi) is 4.73. The highest BCUT2D eigenvalue weighted by Crippen LogP contribution is 1.98. The number of hydrogen-bond donors (Lipinski definition) is 1. The Balaban J connectivity index is 2.80. The van der Waals surface area contributed by atoms with Crippen LogP contribution in [-0.2, 0) is 9.53 Å². The second kappa shape index (κ2) is 6.43. The minimum atomic E-state index is -0.503. The third-order valence-electron chi connectivity index (χ3n) is 1.65. The van der Waals surface area contributed by atoms with Gasteiger partial charge in [-0.3, -0.25) is 4.79 Å². The molecule has 0 radical (unpaired) electrons. The zero-order chi connectivity index (χ0) is 10.9. The van der Waals surface area contributed by atoms with Crippen LogP contribution in [0.15, 0.2) is 60.4 Å². The molecule has 3 nitrogen and oxygen atoms in total. The average Bonchev–Trinajstić information content (AvgIpc) is 2.18. The van der Waals surface area contributed by atoms with Gasteiger partial charge in [-0.05, 0) is 12.2 Å². The monoisotopic (exact) mass is 203 g/mol. The van der Waals surface area contributed by atoms with Crippen molar-refractivity contribution in [3.05, 3.63) is 60.4 Å². The van der Waals surface area contributed by atoms with Gasteiger partial charge in [0.2, 0.25) is 0 Å². The molecule has 0 aromatic rings. The van der Waals surface area contributed by atoms with Crippen molar-refractivity contribution in [2.75, 3.05) is 6.61 Å². The van der Waals surface area contributed by atoms with Crippen LogP contribution in [0.4, 0.5) is 0 Å². The molecular weight excluding hydrogens is 190 g/mol. The van der Waals surface area contributed by atoms with E-state index in [1.54, 1.807) is 12.2 Å². The highest BCUT2D eigenvalue weighted by molar-refractivity contribution is 5.94. The van der Waals surface area contributed by atoms with Crippen LogP contribution in [0.1, 0.15) is 0 Å². The topological polar surface area (TPSA) is 52.3 Å². The maximum Gasteiger partial charge on any atom is 0.251 e. The summed E-state index contributed by atoms with van der Waals surface area (Å²) in [5, 5.41) is 0. The van der Waals surface area contributed by atoms with E-state index in [1.807, 2.05) is 36.5 Å². The van der Waals surface area contributed by atoms with E-state index in [0.717, 1.165) is 0 Å². The maximum atomic E-state index is 10.9. The summed E-state index contributed by atoms with van der Waals surface area (Å²) in [6.07, 6.45) is 15.9. The number of primary amides is 1. The Morgan fingerprint density at radius 1 is 1.13 bits per heavy atom. The van der Waals surface area contributed by atoms with E-state index in [4.69, 9.17) is 10.5 Å². The van der Waals surface area contributed by atoms with Crippen molar-refractivity contribution in [2.45, 2.75) is 0 Å². The molecule has 0 saturated heterocycles. The molecule has 0 unspecified atom stereocenters. The van der Waals surface area contributed by atoms with Gasteiger partial charge < -0.3 is 10.5 Å². The molecule has 0 saturated carbocycles. The largest absolute Gasteiger partial charge is 0.496 e. The van der Waals surface area contributed by atoms with Crippen molar-refractivity contribution in [3.8, 4) is 0 Å². The Morgan fingerprint density at radius 2 is 1.80 bits per heavy atom. The van der Waals surface area contributed by atoms with Gasteiger partial charge >= 0.3 is 0 Å². The van der Waals surface area contributed by atoms with Crippen molar-refractivity contribution in [1.29, 1.82) is 0 Å². The lowest BCUT2D eigenvalue weighted by Crippen LogP contribution is -2.12. The summed E-state index contributed by atoms with van der Waals surface area (Å²) in [5.41, 5.74) is 5.50. The molecule has 1 aliphatic rings. The molecule has 1 rings (SSSR count). The first-order valence-corrected chi connectivity index (χ1v) is 4.59. The third-order valence-corrected chi connectivity index (χ3v) is 1.65. The molecule has 2 N–H and O–H groups in total. The van der Waals surface area contributed by atoms with Crippen LogP contribution >= 0.6 is 0 Å². The van der Waals surface area contributed by atoms with Crippen LogP contribution in [0.2, 0.25) is 0 Å². The Morgan fingerprint density at radius 3 is 2.53 bits per heavy atom. The fraction of sp³-hybridized carbons (Fsp3) is 0.0833. The molecule has 0 atom stereocenters. The Labute approximate surface area is 88.9 Å². The first-order valence-electron chi connectivity index (χ1n) is 4.59. The Hall–Kier alpha value is -2.03. The predicted octanol–water partition coefficient (Wildman–Crippen LogP) is 1.61. The number of nitrogens with two attached hydrogens (primary N) is 1. The van der Waals surface area contributed by atoms with Crippen LogP contribution in [0.25, 0.3) is 0 Å². The van der Waals surface area contributed by atoms with Gasteiger partial charge in [0.05, 0.1) is 11.8 Å². The molecule has 0 aromatic carbocycles. The zero-order valence-corrected chi connectivity index (χ0v) is 8.30. The number of amides is 1. The van der Waals surface area contributed by atoms with Crippen LogP contribution < -0.4 is 5.73 Å². The normalized spacial score (nSPS) is 16.1. The molecular formula is C12H13NO2. The molecule has 0 aliphatic carbocycles. The number of rotatable bonds is 1. The molecule has 0 bridgehead atoms. The van der Waals surface area contributed by atoms with Crippen molar-refractivity contribution in [1.82, 2.24) is 0 Å². The lowest BCUT2D eigenvalue weighted by Gasteiger charge is -1.98. The first kappa shape index (κ1) is 11.0. The van der Waals surface area contributed by atoms with Crippen molar-refractivity contribution in [2.24, 2.45) is 5.73 Å². The van der Waals surface area contributed by atoms with Crippen molar-refractivity contribution >= 4 is 5.91 Å². The van der Waals surface area contributed by atoms with Crippen LogP contribution in [0, 0.1) is 0 Å².